The van der Waals surface area contributed by atoms with E-state index in [1.807, 2.05) is 25.1 Å². The number of carbonyl (C=O) groups is 2. The SMILES string of the molecule is CC(NC(=O)c1cnns1)c1cccc(C=CC(=O)O)c1. The minimum absolute atomic E-state index is 0.210. The first-order chi connectivity index (χ1) is 10.1. The minimum atomic E-state index is -1.00. The molecular formula is C14H13N3O3S. The fourth-order valence-corrected chi connectivity index (χ4v) is 2.14. The topological polar surface area (TPSA) is 92.2 Å². The van der Waals surface area contributed by atoms with Gasteiger partial charge in [-0.3, -0.25) is 4.79 Å². The van der Waals surface area contributed by atoms with Gasteiger partial charge in [0.05, 0.1) is 12.2 Å². The van der Waals surface area contributed by atoms with E-state index in [9.17, 15) is 9.59 Å². The molecule has 7 heteroatoms. The molecule has 2 aromatic rings. The molecule has 0 aliphatic carbocycles. The van der Waals surface area contributed by atoms with Gasteiger partial charge >= 0.3 is 5.97 Å². The quantitative estimate of drug-likeness (QED) is 0.825. The highest BCUT2D eigenvalue weighted by atomic mass is 32.1. The van der Waals surface area contributed by atoms with Crippen LogP contribution in [0.3, 0.4) is 0 Å². The maximum absolute atomic E-state index is 11.9. The molecule has 0 fully saturated rings. The van der Waals surface area contributed by atoms with Gasteiger partial charge in [-0.05, 0) is 41.7 Å². The summed E-state index contributed by atoms with van der Waals surface area (Å²) in [5.74, 6) is -1.23. The van der Waals surface area contributed by atoms with E-state index in [0.717, 1.165) is 28.7 Å². The summed E-state index contributed by atoms with van der Waals surface area (Å²) in [6.45, 7) is 1.85. The van der Waals surface area contributed by atoms with Gasteiger partial charge in [0.2, 0.25) is 0 Å². The molecule has 1 amide bonds. The third-order valence-electron chi connectivity index (χ3n) is 2.76. The summed E-state index contributed by atoms with van der Waals surface area (Å²) in [6, 6.07) is 7.10. The van der Waals surface area contributed by atoms with Gasteiger partial charge in [0, 0.05) is 6.08 Å². The Morgan fingerprint density at radius 3 is 2.90 bits per heavy atom. The van der Waals surface area contributed by atoms with Crippen molar-refractivity contribution >= 4 is 29.5 Å². The van der Waals surface area contributed by atoms with Crippen LogP contribution in [-0.4, -0.2) is 26.6 Å². The summed E-state index contributed by atoms with van der Waals surface area (Å²) in [4.78, 5) is 22.9. The molecule has 0 aliphatic heterocycles. The smallest absolute Gasteiger partial charge is 0.328 e. The number of carboxylic acids is 1. The minimum Gasteiger partial charge on any atom is -0.478 e. The Bertz CT molecular complexity index is 668. The number of carbonyl (C=O) groups excluding carboxylic acids is 1. The zero-order valence-electron chi connectivity index (χ0n) is 11.2. The van der Waals surface area contributed by atoms with Gasteiger partial charge in [-0.25, -0.2) is 4.79 Å². The molecule has 1 unspecified atom stereocenters. The van der Waals surface area contributed by atoms with Crippen LogP contribution < -0.4 is 5.32 Å². The highest BCUT2D eigenvalue weighted by Gasteiger charge is 2.13. The molecule has 1 aromatic carbocycles. The summed E-state index contributed by atoms with van der Waals surface area (Å²) in [7, 11) is 0. The van der Waals surface area contributed by atoms with E-state index >= 15 is 0 Å². The van der Waals surface area contributed by atoms with Gasteiger partial charge in [0.1, 0.15) is 4.88 Å². The Hall–Kier alpha value is -2.54. The van der Waals surface area contributed by atoms with Crippen molar-refractivity contribution < 1.29 is 14.7 Å². The number of rotatable bonds is 5. The second-order valence-corrected chi connectivity index (χ2v) is 5.10. The summed E-state index contributed by atoms with van der Waals surface area (Å²) < 4.78 is 3.64. The molecule has 2 rings (SSSR count). The second-order valence-electron chi connectivity index (χ2n) is 4.32. The molecule has 0 aliphatic rings. The molecule has 0 spiro atoms. The number of amides is 1. The van der Waals surface area contributed by atoms with Crippen LogP contribution in [0.1, 0.15) is 33.8 Å². The maximum Gasteiger partial charge on any atom is 0.328 e. The lowest BCUT2D eigenvalue weighted by Crippen LogP contribution is -2.25. The summed E-state index contributed by atoms with van der Waals surface area (Å²) in [5, 5.41) is 15.1. The van der Waals surface area contributed by atoms with Gasteiger partial charge in [0.25, 0.3) is 5.91 Å². The Kier molecular flexibility index (Phi) is 4.78. The van der Waals surface area contributed by atoms with Crippen molar-refractivity contribution in [2.24, 2.45) is 0 Å². The molecule has 1 atom stereocenters. The number of nitrogens with one attached hydrogen (secondary N) is 1. The number of aromatic nitrogens is 2. The van der Waals surface area contributed by atoms with E-state index in [1.54, 1.807) is 6.07 Å². The van der Waals surface area contributed by atoms with Gasteiger partial charge in [-0.2, -0.15) is 0 Å². The highest BCUT2D eigenvalue weighted by molar-refractivity contribution is 7.07. The Balaban J connectivity index is 2.08. The van der Waals surface area contributed by atoms with Crippen molar-refractivity contribution in [1.29, 1.82) is 0 Å². The molecule has 0 saturated heterocycles. The lowest BCUT2D eigenvalue weighted by molar-refractivity contribution is -0.131. The fraction of sp³-hybridized carbons (Fsp3) is 0.143. The third kappa shape index (κ3) is 4.22. The van der Waals surface area contributed by atoms with Crippen LogP contribution in [-0.2, 0) is 4.79 Å². The summed E-state index contributed by atoms with van der Waals surface area (Å²) in [5.41, 5.74) is 1.64. The van der Waals surface area contributed by atoms with E-state index in [-0.39, 0.29) is 11.9 Å². The number of nitrogens with zero attached hydrogens (tertiary/aromatic N) is 2. The number of hydrogen-bond donors (Lipinski definition) is 2. The Labute approximate surface area is 125 Å². The number of hydrogen-bond acceptors (Lipinski definition) is 5. The van der Waals surface area contributed by atoms with Crippen LogP contribution in [0, 0.1) is 0 Å². The average Bonchev–Trinajstić information content (AvgIpc) is 2.99. The van der Waals surface area contributed by atoms with E-state index in [0.29, 0.717) is 4.88 Å². The largest absolute Gasteiger partial charge is 0.478 e. The fourth-order valence-electron chi connectivity index (χ4n) is 1.72. The first-order valence-corrected chi connectivity index (χ1v) is 6.93. The Morgan fingerprint density at radius 2 is 2.24 bits per heavy atom. The van der Waals surface area contributed by atoms with E-state index in [4.69, 9.17) is 5.11 Å². The molecule has 108 valence electrons. The molecule has 1 heterocycles. The maximum atomic E-state index is 11.9. The average molecular weight is 303 g/mol. The normalized spacial score (nSPS) is 12.2. The standard InChI is InChI=1S/C14H13N3O3S/c1-9(16-14(20)12-8-15-17-21-12)11-4-2-3-10(7-11)5-6-13(18)19/h2-9H,1H3,(H,16,20)(H,18,19). The lowest BCUT2D eigenvalue weighted by atomic mass is 10.0. The molecule has 0 bridgehead atoms. The molecule has 6 nitrogen and oxygen atoms in total. The predicted molar refractivity (Wildman–Crippen MR) is 78.9 cm³/mol. The van der Waals surface area contributed by atoms with Gasteiger partial charge in [-0.1, -0.05) is 22.7 Å². The second kappa shape index (κ2) is 6.76. The summed E-state index contributed by atoms with van der Waals surface area (Å²) >= 11 is 1.03. The van der Waals surface area contributed by atoms with Gasteiger partial charge in [0.15, 0.2) is 0 Å². The van der Waals surface area contributed by atoms with E-state index < -0.39 is 5.97 Å². The van der Waals surface area contributed by atoms with Crippen molar-refractivity contribution in [3.8, 4) is 0 Å². The van der Waals surface area contributed by atoms with Crippen molar-refractivity contribution in [1.82, 2.24) is 14.9 Å². The lowest BCUT2D eigenvalue weighted by Gasteiger charge is -2.14. The van der Waals surface area contributed by atoms with Crippen LogP contribution in [0.5, 0.6) is 0 Å². The van der Waals surface area contributed by atoms with Crippen molar-refractivity contribution in [3.05, 3.63) is 52.5 Å². The van der Waals surface area contributed by atoms with E-state index in [1.165, 1.54) is 12.3 Å². The first-order valence-electron chi connectivity index (χ1n) is 6.15. The highest BCUT2D eigenvalue weighted by Crippen LogP contribution is 2.16. The number of benzene rings is 1. The number of aliphatic carboxylic acids is 1. The monoisotopic (exact) mass is 303 g/mol. The van der Waals surface area contributed by atoms with Crippen LogP contribution in [0.2, 0.25) is 0 Å². The van der Waals surface area contributed by atoms with Gasteiger partial charge in [-0.15, -0.1) is 5.10 Å². The molecule has 0 saturated carbocycles. The molecular weight excluding hydrogens is 290 g/mol. The van der Waals surface area contributed by atoms with Crippen molar-refractivity contribution in [3.63, 3.8) is 0 Å². The number of carboxylic acid groups (broad SMARTS) is 1. The third-order valence-corrected chi connectivity index (χ3v) is 3.43. The Morgan fingerprint density at radius 1 is 1.43 bits per heavy atom. The summed E-state index contributed by atoms with van der Waals surface area (Å²) in [6.07, 6.45) is 4.00. The van der Waals surface area contributed by atoms with Crippen molar-refractivity contribution in [2.45, 2.75) is 13.0 Å². The van der Waals surface area contributed by atoms with Crippen molar-refractivity contribution in [2.75, 3.05) is 0 Å². The molecule has 0 radical (unpaired) electrons. The van der Waals surface area contributed by atoms with Gasteiger partial charge < -0.3 is 10.4 Å². The van der Waals surface area contributed by atoms with Crippen LogP contribution in [0.4, 0.5) is 0 Å². The predicted octanol–water partition coefficient (Wildman–Crippen LogP) is 2.13. The molecule has 2 N–H and O–H groups in total. The van der Waals surface area contributed by atoms with Crippen LogP contribution >= 0.6 is 11.5 Å². The molecule has 21 heavy (non-hydrogen) atoms. The zero-order valence-corrected chi connectivity index (χ0v) is 12.0. The molecule has 1 aromatic heterocycles. The van der Waals surface area contributed by atoms with Crippen LogP contribution in [0.25, 0.3) is 6.08 Å². The van der Waals surface area contributed by atoms with Crippen LogP contribution in [0.15, 0.2) is 36.5 Å². The first kappa shape index (κ1) is 14.9. The van der Waals surface area contributed by atoms with E-state index in [2.05, 4.69) is 14.9 Å². The zero-order chi connectivity index (χ0) is 15.2.